The lowest BCUT2D eigenvalue weighted by atomic mass is 10.2. The number of nitrogens with one attached hydrogen (secondary N) is 1. The summed E-state index contributed by atoms with van der Waals surface area (Å²) in [5.74, 6) is 0.698. The number of aromatic nitrogens is 2. The maximum atomic E-state index is 4.28. The first-order chi connectivity index (χ1) is 8.66. The molecule has 0 saturated heterocycles. The highest BCUT2D eigenvalue weighted by atomic mass is 32.1. The molecule has 0 unspecified atom stereocenters. The summed E-state index contributed by atoms with van der Waals surface area (Å²) in [6, 6.07) is 2.13. The maximum Gasteiger partial charge on any atom is 0.158 e. The number of aryl methyl sites for hydroxylation is 1. The van der Waals surface area contributed by atoms with E-state index >= 15 is 0 Å². The molecule has 0 aliphatic carbocycles. The molecule has 2 rings (SSSR count). The van der Waals surface area contributed by atoms with Gasteiger partial charge in [0.05, 0.1) is 4.88 Å². The van der Waals surface area contributed by atoms with Gasteiger partial charge in [0.1, 0.15) is 5.01 Å². The second kappa shape index (κ2) is 6.41. The van der Waals surface area contributed by atoms with Crippen molar-refractivity contribution in [3.05, 3.63) is 22.0 Å². The van der Waals surface area contributed by atoms with Gasteiger partial charge >= 0.3 is 0 Å². The third-order valence-corrected chi connectivity index (χ3v) is 4.74. The lowest BCUT2D eigenvalue weighted by Gasteiger charge is -2.05. The van der Waals surface area contributed by atoms with E-state index in [4.69, 9.17) is 0 Å². The molecule has 0 bridgehead atoms. The van der Waals surface area contributed by atoms with E-state index in [9.17, 15) is 0 Å². The van der Waals surface area contributed by atoms with Crippen molar-refractivity contribution >= 4 is 22.7 Å². The Bertz CT molecular complexity index is 488. The van der Waals surface area contributed by atoms with Gasteiger partial charge in [0.2, 0.25) is 0 Å². The van der Waals surface area contributed by atoms with Crippen LogP contribution < -0.4 is 5.32 Å². The smallest absolute Gasteiger partial charge is 0.158 e. The lowest BCUT2D eigenvalue weighted by molar-refractivity contribution is 0.553. The molecule has 1 N–H and O–H groups in total. The summed E-state index contributed by atoms with van der Waals surface area (Å²) in [5.41, 5.74) is 1.29. The molecule has 98 valence electrons. The quantitative estimate of drug-likeness (QED) is 0.825. The van der Waals surface area contributed by atoms with Crippen LogP contribution in [0.3, 0.4) is 0 Å². The lowest BCUT2D eigenvalue weighted by Crippen LogP contribution is -2.22. The number of nitrogens with zero attached hydrogens (tertiary/aromatic N) is 2. The molecule has 0 spiro atoms. The Morgan fingerprint density at radius 2 is 2.17 bits per heavy atom. The number of thiophene rings is 1. The summed E-state index contributed by atoms with van der Waals surface area (Å²) in [6.07, 6.45) is 0.967. The minimum atomic E-state index is 0.698. The van der Waals surface area contributed by atoms with E-state index in [0.717, 1.165) is 29.5 Å². The molecule has 0 fully saturated rings. The average molecular weight is 281 g/mol. The average Bonchev–Trinajstić information content (AvgIpc) is 2.92. The summed E-state index contributed by atoms with van der Waals surface area (Å²) < 4.78 is 0. The molecule has 3 nitrogen and oxygen atoms in total. The van der Waals surface area contributed by atoms with Gasteiger partial charge in [-0.1, -0.05) is 25.2 Å². The van der Waals surface area contributed by atoms with Crippen molar-refractivity contribution in [1.82, 2.24) is 15.5 Å². The SMILES string of the molecule is Cc1ccsc1-c1nnc(CCNCC(C)C)s1. The van der Waals surface area contributed by atoms with Gasteiger partial charge in [-0.05, 0) is 36.4 Å². The zero-order valence-corrected chi connectivity index (χ0v) is 12.7. The van der Waals surface area contributed by atoms with Crippen LogP contribution in [0.4, 0.5) is 0 Å². The minimum absolute atomic E-state index is 0.698. The zero-order valence-electron chi connectivity index (χ0n) is 11.1. The van der Waals surface area contributed by atoms with Crippen molar-refractivity contribution < 1.29 is 0 Å². The predicted octanol–water partition coefficient (Wildman–Crippen LogP) is 3.36. The standard InChI is InChI=1S/C13H19N3S2/c1-9(2)8-14-6-4-11-15-16-13(18-11)12-10(3)5-7-17-12/h5,7,9,14H,4,6,8H2,1-3H3. The van der Waals surface area contributed by atoms with Crippen LogP contribution in [0.15, 0.2) is 11.4 Å². The number of hydrogen-bond acceptors (Lipinski definition) is 5. The Labute approximate surface area is 116 Å². The summed E-state index contributed by atoms with van der Waals surface area (Å²) in [6.45, 7) is 8.61. The largest absolute Gasteiger partial charge is 0.316 e. The third kappa shape index (κ3) is 3.60. The van der Waals surface area contributed by atoms with Crippen LogP contribution in [0.1, 0.15) is 24.4 Å². The molecular formula is C13H19N3S2. The summed E-state index contributed by atoms with van der Waals surface area (Å²) in [5, 5.41) is 16.3. The van der Waals surface area contributed by atoms with Crippen molar-refractivity contribution in [2.75, 3.05) is 13.1 Å². The van der Waals surface area contributed by atoms with Crippen LogP contribution in [-0.4, -0.2) is 23.3 Å². The van der Waals surface area contributed by atoms with Gasteiger partial charge in [-0.3, -0.25) is 0 Å². The molecule has 0 aliphatic heterocycles. The van der Waals surface area contributed by atoms with Gasteiger partial charge in [0, 0.05) is 13.0 Å². The van der Waals surface area contributed by atoms with Gasteiger partial charge in [-0.25, -0.2) is 0 Å². The molecule has 0 aliphatic rings. The Morgan fingerprint density at radius 3 is 2.83 bits per heavy atom. The van der Waals surface area contributed by atoms with Crippen molar-refractivity contribution in [3.63, 3.8) is 0 Å². The summed E-state index contributed by atoms with van der Waals surface area (Å²) in [7, 11) is 0. The summed E-state index contributed by atoms with van der Waals surface area (Å²) >= 11 is 3.45. The molecule has 18 heavy (non-hydrogen) atoms. The molecule has 0 amide bonds. The third-order valence-electron chi connectivity index (χ3n) is 2.59. The predicted molar refractivity (Wildman–Crippen MR) is 79.4 cm³/mol. The van der Waals surface area contributed by atoms with Gasteiger partial charge in [-0.15, -0.1) is 21.5 Å². The first-order valence-corrected chi connectivity index (χ1v) is 7.94. The van der Waals surface area contributed by atoms with E-state index in [-0.39, 0.29) is 0 Å². The van der Waals surface area contributed by atoms with Crippen molar-refractivity contribution in [2.24, 2.45) is 5.92 Å². The molecule has 5 heteroatoms. The molecule has 2 heterocycles. The van der Waals surface area contributed by atoms with Crippen LogP contribution >= 0.6 is 22.7 Å². The van der Waals surface area contributed by atoms with Crippen LogP contribution in [-0.2, 0) is 6.42 Å². The van der Waals surface area contributed by atoms with Gasteiger partial charge in [0.25, 0.3) is 0 Å². The second-order valence-corrected chi connectivity index (χ2v) is 6.76. The Kier molecular flexibility index (Phi) is 4.86. The van der Waals surface area contributed by atoms with E-state index in [2.05, 4.69) is 47.7 Å². The maximum absolute atomic E-state index is 4.28. The zero-order chi connectivity index (χ0) is 13.0. The highest BCUT2D eigenvalue weighted by Gasteiger charge is 2.09. The molecule has 0 aromatic carbocycles. The Balaban J connectivity index is 1.89. The first-order valence-electron chi connectivity index (χ1n) is 6.24. The van der Waals surface area contributed by atoms with E-state index in [1.54, 1.807) is 22.7 Å². The fourth-order valence-corrected chi connectivity index (χ4v) is 3.54. The summed E-state index contributed by atoms with van der Waals surface area (Å²) in [4.78, 5) is 1.26. The monoisotopic (exact) mass is 281 g/mol. The van der Waals surface area contributed by atoms with Crippen LogP contribution in [0, 0.1) is 12.8 Å². The fourth-order valence-electron chi connectivity index (χ4n) is 1.62. The molecule has 2 aromatic heterocycles. The van der Waals surface area contributed by atoms with E-state index in [1.165, 1.54) is 10.4 Å². The van der Waals surface area contributed by atoms with Gasteiger partial charge in [-0.2, -0.15) is 0 Å². The van der Waals surface area contributed by atoms with Crippen LogP contribution in [0.5, 0.6) is 0 Å². The molecule has 0 atom stereocenters. The van der Waals surface area contributed by atoms with E-state index < -0.39 is 0 Å². The number of rotatable bonds is 6. The molecular weight excluding hydrogens is 262 g/mol. The van der Waals surface area contributed by atoms with E-state index in [1.807, 2.05) is 0 Å². The normalized spacial score (nSPS) is 11.3. The van der Waals surface area contributed by atoms with Gasteiger partial charge in [0.15, 0.2) is 5.01 Å². The topological polar surface area (TPSA) is 37.8 Å². The van der Waals surface area contributed by atoms with Crippen molar-refractivity contribution in [3.8, 4) is 9.88 Å². The fraction of sp³-hybridized carbons (Fsp3) is 0.538. The Hall–Kier alpha value is -0.780. The Morgan fingerprint density at radius 1 is 1.33 bits per heavy atom. The van der Waals surface area contributed by atoms with Crippen molar-refractivity contribution in [1.29, 1.82) is 0 Å². The van der Waals surface area contributed by atoms with E-state index in [0.29, 0.717) is 5.92 Å². The van der Waals surface area contributed by atoms with Crippen LogP contribution in [0.25, 0.3) is 9.88 Å². The first kappa shape index (κ1) is 13.6. The highest BCUT2D eigenvalue weighted by Crippen LogP contribution is 2.31. The molecule has 0 radical (unpaired) electrons. The minimum Gasteiger partial charge on any atom is -0.316 e. The van der Waals surface area contributed by atoms with Crippen LogP contribution in [0.2, 0.25) is 0 Å². The van der Waals surface area contributed by atoms with Crippen molar-refractivity contribution in [2.45, 2.75) is 27.2 Å². The van der Waals surface area contributed by atoms with Gasteiger partial charge < -0.3 is 5.32 Å². The number of hydrogen-bond donors (Lipinski definition) is 1. The molecule has 2 aromatic rings. The molecule has 0 saturated carbocycles. The highest BCUT2D eigenvalue weighted by molar-refractivity contribution is 7.20. The second-order valence-electron chi connectivity index (χ2n) is 4.78.